The van der Waals surface area contributed by atoms with Gasteiger partial charge in [0.1, 0.15) is 0 Å². The zero-order chi connectivity index (χ0) is 7.49. The van der Waals surface area contributed by atoms with Gasteiger partial charge in [-0.1, -0.05) is 6.44 Å². The molecule has 0 saturated heterocycles. The molecule has 0 aromatic rings. The van der Waals surface area contributed by atoms with E-state index in [2.05, 4.69) is 40.1 Å². The van der Waals surface area contributed by atoms with Crippen LogP contribution < -0.4 is 0 Å². The topological polar surface area (TPSA) is 3.24 Å². The monoisotopic (exact) mass is 130 g/mol. The van der Waals surface area contributed by atoms with Crippen molar-refractivity contribution in [2.45, 2.75) is 0 Å². The molecule has 2 nitrogen and oxygen atoms in total. The van der Waals surface area contributed by atoms with E-state index in [1.807, 2.05) is 0 Å². The fourth-order valence-corrected chi connectivity index (χ4v) is 0.707. The molecular weight excluding hydrogens is 111 g/mol. The van der Waals surface area contributed by atoms with Gasteiger partial charge in [-0.3, -0.25) is 0 Å². The maximum atomic E-state index is 2.27. The van der Waals surface area contributed by atoms with Crippen LogP contribution in [0.5, 0.6) is 0 Å². The molecule has 3 heteroatoms. The Balaban J connectivity index is 3.28. The van der Waals surface area contributed by atoms with Crippen molar-refractivity contribution in [1.29, 1.82) is 0 Å². The van der Waals surface area contributed by atoms with E-state index in [0.717, 1.165) is 0 Å². The summed E-state index contributed by atoms with van der Waals surface area (Å²) in [5.74, 6) is 0. The van der Waals surface area contributed by atoms with Gasteiger partial charge in [0.2, 0.25) is 0 Å². The zero-order valence-electron chi connectivity index (χ0n) is 7.60. The summed E-state index contributed by atoms with van der Waals surface area (Å²) in [4.78, 5) is 2.27. The second-order valence-corrected chi connectivity index (χ2v) is 4.40. The van der Waals surface area contributed by atoms with E-state index in [9.17, 15) is 0 Å². The molecule has 0 aromatic heterocycles. The molecule has 0 spiro atoms. The smallest absolute Gasteiger partial charge is 0.195 e. The Kier molecular flexibility index (Phi) is 3.22. The highest BCUT2D eigenvalue weighted by Crippen LogP contribution is 1.85. The maximum absolute atomic E-state index is 2.27. The molecule has 56 valence electrons. The van der Waals surface area contributed by atoms with Gasteiger partial charge < -0.3 is 9.29 Å². The van der Waals surface area contributed by atoms with E-state index in [-0.39, 0.29) is 7.41 Å². The Morgan fingerprint density at radius 2 is 1.67 bits per heavy atom. The minimum absolute atomic E-state index is 0.181. The van der Waals surface area contributed by atoms with Crippen LogP contribution in [0.25, 0.3) is 0 Å². The van der Waals surface area contributed by atoms with E-state index >= 15 is 0 Å². The summed E-state index contributed by atoms with van der Waals surface area (Å²) in [5, 5.41) is 0. The predicted octanol–water partition coefficient (Wildman–Crippen LogP) is -0.705. The first-order chi connectivity index (χ1) is 3.92. The summed E-state index contributed by atoms with van der Waals surface area (Å²) in [6.07, 6.45) is 1.30. The molecule has 0 rings (SSSR count). The second kappa shape index (κ2) is 3.23. The first-order valence-corrected chi connectivity index (χ1v) is 3.71. The Bertz CT molecular complexity index is 75.6. The van der Waals surface area contributed by atoms with Crippen LogP contribution in [-0.2, 0) is 0 Å². The van der Waals surface area contributed by atoms with Crippen molar-refractivity contribution in [3.05, 3.63) is 0 Å². The predicted molar refractivity (Wildman–Crippen MR) is 45.1 cm³/mol. The molecule has 0 aliphatic rings. The standard InChI is InChI=1S/C6H19BN2/c1-8(2)6-7-9(3,4)5/h6-7H2,1-5H3. The average Bonchev–Trinajstić information content (AvgIpc) is 1.59. The molecular formula is C6H19BN2. The van der Waals surface area contributed by atoms with Crippen LogP contribution in [0, 0.1) is 0 Å². The summed E-state index contributed by atoms with van der Waals surface area (Å²) in [6, 6.07) is 0. The fraction of sp³-hybridized carbons (Fsp3) is 1.00. The van der Waals surface area contributed by atoms with Crippen molar-refractivity contribution in [2.24, 2.45) is 0 Å². The van der Waals surface area contributed by atoms with Crippen LogP contribution in [-0.4, -0.2) is 58.4 Å². The molecule has 0 fully saturated rings. The van der Waals surface area contributed by atoms with E-state index < -0.39 is 0 Å². The number of rotatable bonds is 3. The first kappa shape index (κ1) is 8.98. The molecule has 0 atom stereocenters. The minimum atomic E-state index is 0.181. The lowest BCUT2D eigenvalue weighted by molar-refractivity contribution is -0.756. The lowest BCUT2D eigenvalue weighted by Gasteiger charge is -2.34. The van der Waals surface area contributed by atoms with Gasteiger partial charge in [0.05, 0.1) is 0 Å². The zero-order valence-corrected chi connectivity index (χ0v) is 7.60. The molecule has 0 saturated carbocycles. The highest BCUT2D eigenvalue weighted by molar-refractivity contribution is 6.26. The van der Waals surface area contributed by atoms with E-state index in [1.54, 1.807) is 0 Å². The number of hydrogen-bond acceptors (Lipinski definition) is 1. The van der Waals surface area contributed by atoms with Crippen LogP contribution in [0.1, 0.15) is 0 Å². The highest BCUT2D eigenvalue weighted by atomic mass is 15.2. The van der Waals surface area contributed by atoms with Crippen LogP contribution >= 0.6 is 0 Å². The van der Waals surface area contributed by atoms with Gasteiger partial charge in [0, 0.05) is 21.1 Å². The normalized spacial score (nSPS) is 12.7. The third kappa shape index (κ3) is 7.98. The van der Waals surface area contributed by atoms with Gasteiger partial charge in [-0.25, -0.2) is 0 Å². The van der Waals surface area contributed by atoms with Crippen LogP contribution in [0.4, 0.5) is 0 Å². The third-order valence-corrected chi connectivity index (χ3v) is 1.72. The third-order valence-electron chi connectivity index (χ3n) is 1.72. The molecule has 0 unspecified atom stereocenters. The quantitative estimate of drug-likeness (QED) is 0.456. The number of quaternary nitrogens is 1. The Labute approximate surface area is 59.3 Å². The van der Waals surface area contributed by atoms with Crippen molar-refractivity contribution >= 4 is 7.41 Å². The Morgan fingerprint density at radius 1 is 1.22 bits per heavy atom. The van der Waals surface area contributed by atoms with Crippen molar-refractivity contribution in [2.75, 3.05) is 41.7 Å². The largest absolute Gasteiger partial charge is 0.527 e. The SMILES string of the molecule is CN(C)C[BH2-][N+](C)(C)C. The molecule has 0 aromatic carbocycles. The summed E-state index contributed by atoms with van der Waals surface area (Å²) in [7, 11) is 11.3. The Morgan fingerprint density at radius 3 is 1.78 bits per heavy atom. The highest BCUT2D eigenvalue weighted by Gasteiger charge is 1.99. The molecule has 0 heterocycles. The van der Waals surface area contributed by atoms with E-state index in [1.165, 1.54) is 10.8 Å². The number of hydrogen-bond donors (Lipinski definition) is 0. The van der Waals surface area contributed by atoms with Gasteiger partial charge in [0.15, 0.2) is 7.41 Å². The van der Waals surface area contributed by atoms with Crippen molar-refractivity contribution in [3.63, 3.8) is 0 Å². The van der Waals surface area contributed by atoms with E-state index in [4.69, 9.17) is 0 Å². The number of nitrogens with zero attached hydrogens (tertiary/aromatic N) is 2. The molecule has 0 aliphatic heterocycles. The molecule has 0 aliphatic carbocycles. The molecule has 0 bridgehead atoms. The lowest BCUT2D eigenvalue weighted by atomic mass is 9.89. The van der Waals surface area contributed by atoms with Crippen molar-refractivity contribution in [1.82, 2.24) is 4.90 Å². The summed E-state index contributed by atoms with van der Waals surface area (Å²) in [6.45, 7) is 0. The van der Waals surface area contributed by atoms with Gasteiger partial charge in [0.25, 0.3) is 0 Å². The van der Waals surface area contributed by atoms with Crippen molar-refractivity contribution in [3.8, 4) is 0 Å². The Hall–Kier alpha value is -0.0151. The lowest BCUT2D eigenvalue weighted by Crippen LogP contribution is -2.43. The first-order valence-electron chi connectivity index (χ1n) is 3.71. The summed E-state index contributed by atoms with van der Waals surface area (Å²) >= 11 is 0. The molecule has 0 amide bonds. The molecule has 0 N–H and O–H groups in total. The van der Waals surface area contributed by atoms with E-state index in [0.29, 0.717) is 0 Å². The fourth-order valence-electron chi connectivity index (χ4n) is 0.707. The maximum Gasteiger partial charge on any atom is 0.195 e. The molecule has 9 heavy (non-hydrogen) atoms. The van der Waals surface area contributed by atoms with Crippen LogP contribution in [0.2, 0.25) is 0 Å². The summed E-state index contributed by atoms with van der Waals surface area (Å²) in [5.41, 5.74) is 0. The van der Waals surface area contributed by atoms with Crippen molar-refractivity contribution < 1.29 is 4.39 Å². The second-order valence-electron chi connectivity index (χ2n) is 4.40. The van der Waals surface area contributed by atoms with Gasteiger partial charge in [-0.05, 0) is 14.1 Å². The van der Waals surface area contributed by atoms with Crippen LogP contribution in [0.15, 0.2) is 0 Å². The summed E-state index contributed by atoms with van der Waals surface area (Å²) < 4.78 is 1.18. The van der Waals surface area contributed by atoms with Gasteiger partial charge in [-0.2, -0.15) is 0 Å². The minimum Gasteiger partial charge on any atom is -0.527 e. The van der Waals surface area contributed by atoms with Gasteiger partial charge in [-0.15, -0.1) is 0 Å². The molecule has 0 radical (unpaired) electrons. The average molecular weight is 130 g/mol. The van der Waals surface area contributed by atoms with Gasteiger partial charge >= 0.3 is 0 Å². The van der Waals surface area contributed by atoms with Crippen LogP contribution in [0.3, 0.4) is 0 Å².